The molecule has 2 atom stereocenters. The molecule has 4 heteroatoms. The fourth-order valence-electron chi connectivity index (χ4n) is 3.70. The Morgan fingerprint density at radius 1 is 1.37 bits per heavy atom. The highest BCUT2D eigenvalue weighted by Gasteiger charge is 2.34. The summed E-state index contributed by atoms with van der Waals surface area (Å²) in [6, 6.07) is 4.93. The average Bonchev–Trinajstić information content (AvgIpc) is 2.88. The molecule has 102 valence electrons. The van der Waals surface area contributed by atoms with Gasteiger partial charge in [-0.25, -0.2) is 0 Å². The van der Waals surface area contributed by atoms with Gasteiger partial charge in [0, 0.05) is 18.8 Å². The minimum Gasteiger partial charge on any atom is -0.388 e. The summed E-state index contributed by atoms with van der Waals surface area (Å²) < 4.78 is 0. The van der Waals surface area contributed by atoms with Crippen molar-refractivity contribution in [3.8, 4) is 0 Å². The standard InChI is InChI=1S/C15H21N3S/c16-15(19)13-9-11(6-7-17-13)10-18-8-2-4-12-3-1-5-14(12)18/h6-7,9,12,14H,1-5,8,10H2,(H2,16,19). The van der Waals surface area contributed by atoms with Crippen molar-refractivity contribution < 1.29 is 0 Å². The van der Waals surface area contributed by atoms with Gasteiger partial charge in [0.15, 0.2) is 0 Å². The van der Waals surface area contributed by atoms with Crippen molar-refractivity contribution in [1.82, 2.24) is 9.88 Å². The predicted octanol–water partition coefficient (Wildman–Crippen LogP) is 2.48. The monoisotopic (exact) mass is 275 g/mol. The summed E-state index contributed by atoms with van der Waals surface area (Å²) in [5.41, 5.74) is 7.68. The minimum absolute atomic E-state index is 0.388. The van der Waals surface area contributed by atoms with E-state index in [4.69, 9.17) is 18.0 Å². The van der Waals surface area contributed by atoms with Crippen LogP contribution in [0.15, 0.2) is 18.3 Å². The molecule has 1 aliphatic heterocycles. The van der Waals surface area contributed by atoms with Crippen LogP contribution in [0, 0.1) is 5.92 Å². The Kier molecular flexibility index (Phi) is 3.80. The molecule has 0 aromatic carbocycles. The second-order valence-electron chi connectivity index (χ2n) is 5.78. The number of thiocarbonyl (C=S) groups is 1. The van der Waals surface area contributed by atoms with E-state index >= 15 is 0 Å². The van der Waals surface area contributed by atoms with E-state index < -0.39 is 0 Å². The van der Waals surface area contributed by atoms with E-state index in [1.807, 2.05) is 12.3 Å². The number of hydrogen-bond donors (Lipinski definition) is 1. The number of rotatable bonds is 3. The van der Waals surface area contributed by atoms with Gasteiger partial charge in [-0.15, -0.1) is 0 Å². The first-order valence-corrected chi connectivity index (χ1v) is 7.63. The van der Waals surface area contributed by atoms with Gasteiger partial charge in [0.1, 0.15) is 4.99 Å². The molecular formula is C15H21N3S. The van der Waals surface area contributed by atoms with E-state index in [0.29, 0.717) is 4.99 Å². The van der Waals surface area contributed by atoms with Crippen molar-refractivity contribution in [3.05, 3.63) is 29.6 Å². The van der Waals surface area contributed by atoms with Gasteiger partial charge in [0.05, 0.1) is 5.69 Å². The summed E-state index contributed by atoms with van der Waals surface area (Å²) in [6.45, 7) is 2.24. The third-order valence-corrected chi connectivity index (χ3v) is 4.78. The van der Waals surface area contributed by atoms with Crippen LogP contribution in [-0.2, 0) is 6.54 Å². The lowest BCUT2D eigenvalue weighted by molar-refractivity contribution is 0.106. The first kappa shape index (κ1) is 13.0. The number of likely N-dealkylation sites (tertiary alicyclic amines) is 1. The number of fused-ring (bicyclic) bond motifs is 1. The Morgan fingerprint density at radius 3 is 3.05 bits per heavy atom. The highest BCUT2D eigenvalue weighted by molar-refractivity contribution is 7.80. The van der Waals surface area contributed by atoms with Crippen LogP contribution in [0.5, 0.6) is 0 Å². The molecule has 0 spiro atoms. The molecule has 2 heterocycles. The molecule has 1 aliphatic carbocycles. The molecule has 2 N–H and O–H groups in total. The Hall–Kier alpha value is -1.00. The van der Waals surface area contributed by atoms with Gasteiger partial charge in [-0.05, 0) is 55.8 Å². The molecule has 2 aliphatic rings. The second-order valence-corrected chi connectivity index (χ2v) is 6.22. The molecule has 1 saturated carbocycles. The topological polar surface area (TPSA) is 42.1 Å². The SMILES string of the molecule is NC(=S)c1cc(CN2CCCC3CCCC32)ccn1. The second kappa shape index (κ2) is 5.55. The van der Waals surface area contributed by atoms with Gasteiger partial charge in [-0.3, -0.25) is 9.88 Å². The summed E-state index contributed by atoms with van der Waals surface area (Å²) in [5, 5.41) is 0. The maximum atomic E-state index is 5.66. The molecule has 1 aromatic heterocycles. The van der Waals surface area contributed by atoms with Crippen LogP contribution in [0.2, 0.25) is 0 Å². The van der Waals surface area contributed by atoms with Crippen molar-refractivity contribution in [2.75, 3.05) is 6.54 Å². The zero-order valence-electron chi connectivity index (χ0n) is 11.2. The number of hydrogen-bond acceptors (Lipinski definition) is 3. The minimum atomic E-state index is 0.388. The van der Waals surface area contributed by atoms with Crippen molar-refractivity contribution in [3.63, 3.8) is 0 Å². The van der Waals surface area contributed by atoms with Gasteiger partial charge < -0.3 is 5.73 Å². The Balaban J connectivity index is 1.73. The number of piperidine rings is 1. The predicted molar refractivity (Wildman–Crippen MR) is 80.9 cm³/mol. The number of nitrogens with two attached hydrogens (primary N) is 1. The van der Waals surface area contributed by atoms with E-state index in [1.54, 1.807) is 0 Å². The highest BCUT2D eigenvalue weighted by Crippen LogP contribution is 2.37. The van der Waals surface area contributed by atoms with Gasteiger partial charge in [-0.1, -0.05) is 18.6 Å². The largest absolute Gasteiger partial charge is 0.388 e. The molecule has 0 amide bonds. The van der Waals surface area contributed by atoms with Gasteiger partial charge >= 0.3 is 0 Å². The first-order chi connectivity index (χ1) is 9.24. The smallest absolute Gasteiger partial charge is 0.122 e. The van der Waals surface area contributed by atoms with Gasteiger partial charge in [0.25, 0.3) is 0 Å². The maximum absolute atomic E-state index is 5.66. The van der Waals surface area contributed by atoms with Crippen LogP contribution in [0.3, 0.4) is 0 Å². The molecule has 3 rings (SSSR count). The molecule has 1 saturated heterocycles. The van der Waals surface area contributed by atoms with Crippen LogP contribution in [0.1, 0.15) is 43.4 Å². The molecule has 2 fully saturated rings. The zero-order valence-corrected chi connectivity index (χ0v) is 12.0. The highest BCUT2D eigenvalue weighted by atomic mass is 32.1. The summed E-state index contributed by atoms with van der Waals surface area (Å²) in [7, 11) is 0. The first-order valence-electron chi connectivity index (χ1n) is 7.23. The van der Waals surface area contributed by atoms with E-state index in [-0.39, 0.29) is 0 Å². The number of aromatic nitrogens is 1. The van der Waals surface area contributed by atoms with Crippen LogP contribution in [0.25, 0.3) is 0 Å². The van der Waals surface area contributed by atoms with Crippen molar-refractivity contribution in [2.24, 2.45) is 11.7 Å². The lowest BCUT2D eigenvalue weighted by Gasteiger charge is -2.37. The molecule has 2 unspecified atom stereocenters. The van der Waals surface area contributed by atoms with Crippen LogP contribution < -0.4 is 5.73 Å². The van der Waals surface area contributed by atoms with E-state index in [1.165, 1.54) is 44.2 Å². The van der Waals surface area contributed by atoms with E-state index in [2.05, 4.69) is 16.0 Å². The third-order valence-electron chi connectivity index (χ3n) is 4.57. The quantitative estimate of drug-likeness (QED) is 0.861. The van der Waals surface area contributed by atoms with Crippen LogP contribution in [0.4, 0.5) is 0 Å². The zero-order chi connectivity index (χ0) is 13.2. The maximum Gasteiger partial charge on any atom is 0.122 e. The molecule has 0 bridgehead atoms. The molecule has 0 radical (unpaired) electrons. The van der Waals surface area contributed by atoms with Crippen molar-refractivity contribution in [2.45, 2.75) is 44.7 Å². The fourth-order valence-corrected chi connectivity index (χ4v) is 3.81. The molecular weight excluding hydrogens is 254 g/mol. The average molecular weight is 275 g/mol. The molecule has 1 aromatic rings. The van der Waals surface area contributed by atoms with Crippen LogP contribution >= 0.6 is 12.2 Å². The van der Waals surface area contributed by atoms with E-state index in [0.717, 1.165) is 24.2 Å². The van der Waals surface area contributed by atoms with Gasteiger partial charge in [0.2, 0.25) is 0 Å². The lowest BCUT2D eigenvalue weighted by atomic mass is 9.91. The fraction of sp³-hybridized carbons (Fsp3) is 0.600. The van der Waals surface area contributed by atoms with Crippen LogP contribution in [-0.4, -0.2) is 27.5 Å². The Bertz CT molecular complexity index is 474. The lowest BCUT2D eigenvalue weighted by Crippen LogP contribution is -2.41. The summed E-state index contributed by atoms with van der Waals surface area (Å²) in [4.78, 5) is 7.25. The third kappa shape index (κ3) is 2.79. The van der Waals surface area contributed by atoms with Crippen molar-refractivity contribution in [1.29, 1.82) is 0 Å². The molecule has 19 heavy (non-hydrogen) atoms. The summed E-state index contributed by atoms with van der Waals surface area (Å²) >= 11 is 5.00. The van der Waals surface area contributed by atoms with Gasteiger partial charge in [-0.2, -0.15) is 0 Å². The number of nitrogens with zero attached hydrogens (tertiary/aromatic N) is 2. The Labute approximate surface area is 120 Å². The molecule has 3 nitrogen and oxygen atoms in total. The summed E-state index contributed by atoms with van der Waals surface area (Å²) in [6.07, 6.45) is 8.79. The summed E-state index contributed by atoms with van der Waals surface area (Å²) in [5.74, 6) is 0.936. The number of pyridine rings is 1. The van der Waals surface area contributed by atoms with Crippen molar-refractivity contribution >= 4 is 17.2 Å². The van der Waals surface area contributed by atoms with E-state index in [9.17, 15) is 0 Å². The normalized spacial score (nSPS) is 27.2. The Morgan fingerprint density at radius 2 is 2.21 bits per heavy atom.